The summed E-state index contributed by atoms with van der Waals surface area (Å²) in [6.07, 6.45) is 7.53. The number of amides is 1. The van der Waals surface area contributed by atoms with Crippen molar-refractivity contribution in [3.05, 3.63) is 84.2 Å². The number of halogens is 1. The van der Waals surface area contributed by atoms with Crippen molar-refractivity contribution in [3.8, 4) is 16.8 Å². The van der Waals surface area contributed by atoms with Gasteiger partial charge in [0.05, 0.1) is 11.9 Å². The summed E-state index contributed by atoms with van der Waals surface area (Å²) in [5.41, 5.74) is 3.62. The van der Waals surface area contributed by atoms with E-state index in [0.29, 0.717) is 42.9 Å². The highest BCUT2D eigenvalue weighted by molar-refractivity contribution is 6.04. The van der Waals surface area contributed by atoms with Crippen LogP contribution in [-0.4, -0.2) is 31.4 Å². The molecule has 0 spiro atoms. The minimum absolute atomic E-state index is 0.207. The molecule has 0 aliphatic rings. The third-order valence-corrected chi connectivity index (χ3v) is 5.33. The number of carbonyl (C=O) groups excluding carboxylic acids is 2. The average molecular weight is 445 g/mol. The predicted molar refractivity (Wildman–Crippen MR) is 124 cm³/mol. The molecule has 0 saturated carbocycles. The van der Waals surface area contributed by atoms with Gasteiger partial charge in [-0.1, -0.05) is 19.1 Å². The monoisotopic (exact) mass is 445 g/mol. The Balaban J connectivity index is 1.58. The van der Waals surface area contributed by atoms with Gasteiger partial charge < -0.3 is 0 Å². The molecule has 2 aromatic heterocycles. The highest BCUT2D eigenvalue weighted by Gasteiger charge is 2.15. The number of aryl methyl sites for hydroxylation is 1. The number of Topliss-reactive ketones (excluding diaryl/α,β-unsaturated/α-hetero) is 1. The number of anilines is 1. The molecule has 0 fully saturated rings. The molecule has 8 heteroatoms. The van der Waals surface area contributed by atoms with Crippen molar-refractivity contribution in [1.82, 2.24) is 19.7 Å². The van der Waals surface area contributed by atoms with Crippen LogP contribution in [-0.2, 0) is 11.2 Å². The summed E-state index contributed by atoms with van der Waals surface area (Å²) in [7, 11) is 0. The maximum atomic E-state index is 13.4. The zero-order chi connectivity index (χ0) is 23.2. The Bertz CT molecular complexity index is 1250. The summed E-state index contributed by atoms with van der Waals surface area (Å²) in [5, 5.41) is 9.59. The third kappa shape index (κ3) is 5.41. The molecule has 33 heavy (non-hydrogen) atoms. The van der Waals surface area contributed by atoms with Crippen LogP contribution in [0.15, 0.2) is 67.1 Å². The van der Waals surface area contributed by atoms with E-state index in [9.17, 15) is 14.0 Å². The zero-order valence-electron chi connectivity index (χ0n) is 18.2. The zero-order valence-corrected chi connectivity index (χ0v) is 18.2. The van der Waals surface area contributed by atoms with Crippen LogP contribution in [0.2, 0.25) is 0 Å². The largest absolute Gasteiger partial charge is 0.300 e. The molecule has 0 aliphatic heterocycles. The number of carbonyl (C=O) groups is 2. The lowest BCUT2D eigenvalue weighted by Gasteiger charge is -2.09. The summed E-state index contributed by atoms with van der Waals surface area (Å²) in [6.45, 7) is 1.85. The molecule has 0 radical (unpaired) electrons. The fourth-order valence-corrected chi connectivity index (χ4v) is 3.50. The van der Waals surface area contributed by atoms with Gasteiger partial charge in [-0.25, -0.2) is 9.37 Å². The number of nitrogens with zero attached hydrogens (tertiary/aromatic N) is 3. The van der Waals surface area contributed by atoms with E-state index < -0.39 is 0 Å². The number of aromatic amines is 1. The summed E-state index contributed by atoms with van der Waals surface area (Å²) in [4.78, 5) is 29.2. The number of hydrogen-bond donors (Lipinski definition) is 2. The second-order valence-corrected chi connectivity index (χ2v) is 7.67. The number of aromatic nitrogens is 4. The van der Waals surface area contributed by atoms with Gasteiger partial charge in [-0.3, -0.25) is 24.6 Å². The number of rotatable bonds is 9. The summed E-state index contributed by atoms with van der Waals surface area (Å²) in [6, 6.07) is 13.2. The lowest BCUT2D eigenvalue weighted by atomic mass is 10.1. The summed E-state index contributed by atoms with van der Waals surface area (Å²) < 4.78 is 15.2. The van der Waals surface area contributed by atoms with Crippen LogP contribution >= 0.6 is 0 Å². The summed E-state index contributed by atoms with van der Waals surface area (Å²) in [5.74, 6) is -0.128. The fourth-order valence-electron chi connectivity index (χ4n) is 3.50. The number of nitrogens with one attached hydrogen (secondary N) is 2. The Morgan fingerprint density at radius 1 is 1.12 bits per heavy atom. The van der Waals surface area contributed by atoms with E-state index in [4.69, 9.17) is 0 Å². The Hall–Kier alpha value is -4.07. The van der Waals surface area contributed by atoms with Crippen LogP contribution in [0.1, 0.15) is 42.2 Å². The van der Waals surface area contributed by atoms with Gasteiger partial charge in [0.2, 0.25) is 5.95 Å². The van der Waals surface area contributed by atoms with Crippen molar-refractivity contribution in [3.63, 3.8) is 0 Å². The van der Waals surface area contributed by atoms with Gasteiger partial charge in [0, 0.05) is 42.0 Å². The molecular weight excluding hydrogens is 421 g/mol. The second kappa shape index (κ2) is 10.0. The number of ketones is 1. The molecular formula is C25H24FN5O2. The van der Waals surface area contributed by atoms with Gasteiger partial charge >= 0.3 is 0 Å². The van der Waals surface area contributed by atoms with Gasteiger partial charge in [0.25, 0.3) is 5.91 Å². The van der Waals surface area contributed by atoms with Crippen molar-refractivity contribution in [2.45, 2.75) is 32.6 Å². The number of benzene rings is 2. The first-order chi connectivity index (χ1) is 16.0. The molecule has 0 atom stereocenters. The van der Waals surface area contributed by atoms with Crippen LogP contribution in [0.3, 0.4) is 0 Å². The van der Waals surface area contributed by atoms with Crippen molar-refractivity contribution in [1.29, 1.82) is 0 Å². The molecule has 4 aromatic rings. The van der Waals surface area contributed by atoms with Crippen LogP contribution in [0, 0.1) is 5.82 Å². The average Bonchev–Trinajstić information content (AvgIpc) is 3.50. The second-order valence-electron chi connectivity index (χ2n) is 7.67. The minimum atomic E-state index is -0.348. The number of hydrogen-bond acceptors (Lipinski definition) is 4. The van der Waals surface area contributed by atoms with Gasteiger partial charge in [-0.05, 0) is 54.8 Å². The summed E-state index contributed by atoms with van der Waals surface area (Å²) >= 11 is 0. The molecule has 0 bridgehead atoms. The van der Waals surface area contributed by atoms with E-state index in [1.807, 2.05) is 13.0 Å². The number of H-pyrrole nitrogens is 1. The molecule has 0 saturated heterocycles. The third-order valence-electron chi connectivity index (χ3n) is 5.33. The molecule has 168 valence electrons. The van der Waals surface area contributed by atoms with Crippen LogP contribution in [0.25, 0.3) is 16.8 Å². The van der Waals surface area contributed by atoms with E-state index >= 15 is 0 Å². The maximum Gasteiger partial charge on any atom is 0.258 e. The molecule has 2 heterocycles. The van der Waals surface area contributed by atoms with E-state index in [0.717, 1.165) is 16.8 Å². The number of imidazole rings is 1. The van der Waals surface area contributed by atoms with Crippen molar-refractivity contribution in [2.24, 2.45) is 0 Å². The SMILES string of the molecule is CCC(=O)CCCc1cn(-c2ccc(F)cc2)c(NC(=O)c2cccc(-c3cn[nH]c3)c2)n1. The topological polar surface area (TPSA) is 92.7 Å². The molecule has 0 unspecified atom stereocenters. The highest BCUT2D eigenvalue weighted by Crippen LogP contribution is 2.22. The van der Waals surface area contributed by atoms with Crippen LogP contribution < -0.4 is 5.32 Å². The quantitative estimate of drug-likeness (QED) is 0.381. The van der Waals surface area contributed by atoms with Crippen molar-refractivity contribution < 1.29 is 14.0 Å². The standard InChI is InChI=1S/C25H24FN5O2/c1-2-23(32)8-4-7-21-16-31(22-11-9-20(26)10-12-22)25(29-21)30-24(33)18-6-3-5-17(13-18)19-14-27-28-15-19/h3,5-6,9-16H,2,4,7-8H2,1H3,(H,27,28)(H,29,30,33). The highest BCUT2D eigenvalue weighted by atomic mass is 19.1. The molecule has 2 N–H and O–H groups in total. The van der Waals surface area contributed by atoms with E-state index in [-0.39, 0.29) is 17.5 Å². The molecule has 7 nitrogen and oxygen atoms in total. The normalized spacial score (nSPS) is 10.8. The van der Waals surface area contributed by atoms with Crippen LogP contribution in [0.4, 0.5) is 10.3 Å². The Labute approximate surface area is 190 Å². The van der Waals surface area contributed by atoms with Gasteiger partial charge in [0.1, 0.15) is 11.6 Å². The molecule has 4 rings (SSSR count). The Morgan fingerprint density at radius 2 is 1.94 bits per heavy atom. The first kappa shape index (κ1) is 22.1. The van der Waals surface area contributed by atoms with E-state index in [1.54, 1.807) is 53.5 Å². The minimum Gasteiger partial charge on any atom is -0.300 e. The lowest BCUT2D eigenvalue weighted by molar-refractivity contribution is -0.118. The molecule has 1 amide bonds. The van der Waals surface area contributed by atoms with Gasteiger partial charge in [-0.15, -0.1) is 0 Å². The van der Waals surface area contributed by atoms with Crippen molar-refractivity contribution in [2.75, 3.05) is 5.32 Å². The van der Waals surface area contributed by atoms with Crippen LogP contribution in [0.5, 0.6) is 0 Å². The predicted octanol–water partition coefficient (Wildman–Crippen LogP) is 4.96. The fraction of sp³-hybridized carbons (Fsp3) is 0.200. The molecule has 2 aromatic carbocycles. The smallest absolute Gasteiger partial charge is 0.258 e. The maximum absolute atomic E-state index is 13.4. The Morgan fingerprint density at radius 3 is 2.67 bits per heavy atom. The van der Waals surface area contributed by atoms with Gasteiger partial charge in [-0.2, -0.15) is 5.10 Å². The molecule has 0 aliphatic carbocycles. The van der Waals surface area contributed by atoms with Gasteiger partial charge in [0.15, 0.2) is 0 Å². The van der Waals surface area contributed by atoms with Crippen molar-refractivity contribution >= 4 is 17.6 Å². The van der Waals surface area contributed by atoms with E-state index in [2.05, 4.69) is 20.5 Å². The lowest BCUT2D eigenvalue weighted by Crippen LogP contribution is -2.15. The Kier molecular flexibility index (Phi) is 6.73. The first-order valence-corrected chi connectivity index (χ1v) is 10.8. The van der Waals surface area contributed by atoms with E-state index in [1.165, 1.54) is 12.1 Å². The first-order valence-electron chi connectivity index (χ1n) is 10.8.